The van der Waals surface area contributed by atoms with E-state index in [0.717, 1.165) is 19.3 Å². The van der Waals surface area contributed by atoms with Crippen molar-refractivity contribution >= 4 is 16.2 Å². The number of carbonyl (C=O) groups is 1. The number of nitrogens with zero attached hydrogens (tertiary/aromatic N) is 2. The quantitative estimate of drug-likeness (QED) is 0.815. The summed E-state index contributed by atoms with van der Waals surface area (Å²) >= 11 is 0. The molecule has 0 spiro atoms. The molecule has 2 rings (SSSR count). The topological polar surface area (TPSA) is 77.9 Å². The van der Waals surface area contributed by atoms with Crippen molar-refractivity contribution in [1.82, 2.24) is 8.61 Å². The summed E-state index contributed by atoms with van der Waals surface area (Å²) in [4.78, 5) is 11.0. The molecule has 2 fully saturated rings. The highest BCUT2D eigenvalue weighted by Gasteiger charge is 2.36. The van der Waals surface area contributed by atoms with E-state index < -0.39 is 22.1 Å². The number of hydrogen-bond donors (Lipinski definition) is 1. The van der Waals surface area contributed by atoms with Gasteiger partial charge in [0.05, 0.1) is 5.92 Å². The molecule has 0 aromatic heterocycles. The molecule has 104 valence electrons. The second kappa shape index (κ2) is 5.54. The van der Waals surface area contributed by atoms with Crippen LogP contribution in [0.4, 0.5) is 0 Å². The van der Waals surface area contributed by atoms with E-state index in [4.69, 9.17) is 5.11 Å². The monoisotopic (exact) mass is 276 g/mol. The lowest BCUT2D eigenvalue weighted by atomic mass is 10.0. The smallest absolute Gasteiger partial charge is 0.307 e. The summed E-state index contributed by atoms with van der Waals surface area (Å²) in [5.74, 6) is -1.45. The number of hydrogen-bond acceptors (Lipinski definition) is 3. The molecule has 0 amide bonds. The fourth-order valence-corrected chi connectivity index (χ4v) is 4.39. The summed E-state index contributed by atoms with van der Waals surface area (Å²) in [6, 6.07) is 0. The van der Waals surface area contributed by atoms with E-state index in [1.807, 2.05) is 0 Å². The number of piperidine rings is 2. The minimum atomic E-state index is -3.45. The van der Waals surface area contributed by atoms with Crippen LogP contribution in [0.1, 0.15) is 32.1 Å². The van der Waals surface area contributed by atoms with Gasteiger partial charge in [0.1, 0.15) is 0 Å². The van der Waals surface area contributed by atoms with Crippen LogP contribution in [0.15, 0.2) is 0 Å². The van der Waals surface area contributed by atoms with Crippen LogP contribution >= 0.6 is 0 Å². The van der Waals surface area contributed by atoms with E-state index in [-0.39, 0.29) is 6.54 Å². The zero-order valence-electron chi connectivity index (χ0n) is 10.4. The molecule has 2 saturated heterocycles. The highest BCUT2D eigenvalue weighted by atomic mass is 32.2. The van der Waals surface area contributed by atoms with Crippen LogP contribution in [0.25, 0.3) is 0 Å². The molecule has 0 radical (unpaired) electrons. The third kappa shape index (κ3) is 2.84. The predicted molar refractivity (Wildman–Crippen MR) is 66.3 cm³/mol. The number of rotatable bonds is 3. The summed E-state index contributed by atoms with van der Waals surface area (Å²) in [5.41, 5.74) is 0. The average molecular weight is 276 g/mol. The van der Waals surface area contributed by atoms with Crippen molar-refractivity contribution in [3.63, 3.8) is 0 Å². The lowest BCUT2D eigenvalue weighted by molar-refractivity contribution is -0.142. The van der Waals surface area contributed by atoms with Crippen molar-refractivity contribution in [3.8, 4) is 0 Å². The van der Waals surface area contributed by atoms with Crippen LogP contribution in [0, 0.1) is 5.92 Å². The zero-order chi connectivity index (χ0) is 13.2. The Labute approximate surface area is 108 Å². The van der Waals surface area contributed by atoms with Crippen molar-refractivity contribution in [2.45, 2.75) is 32.1 Å². The number of aliphatic carboxylic acids is 1. The van der Waals surface area contributed by atoms with Gasteiger partial charge < -0.3 is 5.11 Å². The Morgan fingerprint density at radius 3 is 2.22 bits per heavy atom. The lowest BCUT2D eigenvalue weighted by Crippen LogP contribution is -2.50. The summed E-state index contributed by atoms with van der Waals surface area (Å²) in [6.45, 7) is 1.70. The molecule has 0 bridgehead atoms. The Bertz CT molecular complexity index is 403. The molecule has 2 heterocycles. The van der Waals surface area contributed by atoms with Gasteiger partial charge in [-0.2, -0.15) is 17.0 Å². The predicted octanol–water partition coefficient (Wildman–Crippen LogP) is 0.514. The molecule has 0 aliphatic carbocycles. The highest BCUT2D eigenvalue weighted by molar-refractivity contribution is 7.86. The van der Waals surface area contributed by atoms with E-state index in [9.17, 15) is 13.2 Å². The van der Waals surface area contributed by atoms with Crippen molar-refractivity contribution in [2.75, 3.05) is 26.2 Å². The van der Waals surface area contributed by atoms with Gasteiger partial charge in [-0.25, -0.2) is 0 Å². The summed E-state index contributed by atoms with van der Waals surface area (Å²) in [6.07, 6.45) is 4.07. The van der Waals surface area contributed by atoms with Crippen LogP contribution in [-0.4, -0.2) is 54.3 Å². The van der Waals surface area contributed by atoms with Crippen LogP contribution < -0.4 is 0 Å². The van der Waals surface area contributed by atoms with E-state index in [2.05, 4.69) is 0 Å². The van der Waals surface area contributed by atoms with Crippen LogP contribution in [0.5, 0.6) is 0 Å². The van der Waals surface area contributed by atoms with Crippen LogP contribution in [0.3, 0.4) is 0 Å². The number of carboxylic acids is 1. The molecule has 2 aliphatic heterocycles. The van der Waals surface area contributed by atoms with Gasteiger partial charge in [0, 0.05) is 26.2 Å². The summed E-state index contributed by atoms with van der Waals surface area (Å²) < 4.78 is 27.6. The Hall–Kier alpha value is -0.660. The number of carboxylic acid groups (broad SMARTS) is 1. The normalized spacial score (nSPS) is 28.1. The molecular weight excluding hydrogens is 256 g/mol. The molecule has 1 N–H and O–H groups in total. The molecule has 7 heteroatoms. The van der Waals surface area contributed by atoms with Gasteiger partial charge in [-0.05, 0) is 25.7 Å². The minimum absolute atomic E-state index is 0.119. The van der Waals surface area contributed by atoms with Crippen molar-refractivity contribution in [2.24, 2.45) is 5.92 Å². The Morgan fingerprint density at radius 2 is 1.61 bits per heavy atom. The first-order valence-electron chi connectivity index (χ1n) is 6.50. The highest BCUT2D eigenvalue weighted by Crippen LogP contribution is 2.23. The fraction of sp³-hybridized carbons (Fsp3) is 0.909. The maximum Gasteiger partial charge on any atom is 0.307 e. The second-order valence-electron chi connectivity index (χ2n) is 5.00. The SMILES string of the molecule is O=C(O)[C@H]1CCCN(S(=O)(=O)N2CCCCC2)C1. The van der Waals surface area contributed by atoms with Crippen molar-refractivity contribution in [3.05, 3.63) is 0 Å². The summed E-state index contributed by atoms with van der Waals surface area (Å²) in [5, 5.41) is 9.00. The van der Waals surface area contributed by atoms with Crippen molar-refractivity contribution < 1.29 is 18.3 Å². The largest absolute Gasteiger partial charge is 0.481 e. The molecule has 0 aromatic carbocycles. The molecule has 18 heavy (non-hydrogen) atoms. The summed E-state index contributed by atoms with van der Waals surface area (Å²) in [7, 11) is -3.45. The van der Waals surface area contributed by atoms with E-state index in [1.54, 1.807) is 0 Å². The molecule has 0 aromatic rings. The van der Waals surface area contributed by atoms with Gasteiger partial charge in [0.15, 0.2) is 0 Å². The minimum Gasteiger partial charge on any atom is -0.481 e. The second-order valence-corrected chi connectivity index (χ2v) is 6.93. The Balaban J connectivity index is 2.06. The van der Waals surface area contributed by atoms with Crippen molar-refractivity contribution in [1.29, 1.82) is 0 Å². The van der Waals surface area contributed by atoms with E-state index in [0.29, 0.717) is 32.5 Å². The standard InChI is InChI=1S/C11H20N2O4S/c14-11(15)10-5-4-8-13(9-10)18(16,17)12-6-2-1-3-7-12/h10H,1-9H2,(H,14,15)/t10-/m0/s1. The van der Waals surface area contributed by atoms with Gasteiger partial charge in [0.25, 0.3) is 10.2 Å². The van der Waals surface area contributed by atoms with Crippen LogP contribution in [-0.2, 0) is 15.0 Å². The molecule has 1 atom stereocenters. The average Bonchev–Trinajstić information content (AvgIpc) is 2.40. The Kier molecular flexibility index (Phi) is 4.24. The fourth-order valence-electron chi connectivity index (χ4n) is 2.61. The van der Waals surface area contributed by atoms with Gasteiger partial charge in [0.2, 0.25) is 0 Å². The third-order valence-corrected chi connectivity index (χ3v) is 5.70. The van der Waals surface area contributed by atoms with Gasteiger partial charge in [-0.1, -0.05) is 6.42 Å². The van der Waals surface area contributed by atoms with Gasteiger partial charge in [-0.15, -0.1) is 0 Å². The zero-order valence-corrected chi connectivity index (χ0v) is 11.2. The molecule has 6 nitrogen and oxygen atoms in total. The lowest BCUT2D eigenvalue weighted by Gasteiger charge is -2.35. The van der Waals surface area contributed by atoms with E-state index in [1.165, 1.54) is 8.61 Å². The maximum atomic E-state index is 12.4. The van der Waals surface area contributed by atoms with Crippen LogP contribution in [0.2, 0.25) is 0 Å². The molecule has 0 unspecified atom stereocenters. The van der Waals surface area contributed by atoms with E-state index >= 15 is 0 Å². The molecule has 2 aliphatic rings. The first-order chi connectivity index (χ1) is 8.51. The molecular formula is C11H20N2O4S. The Morgan fingerprint density at radius 1 is 1.00 bits per heavy atom. The molecule has 0 saturated carbocycles. The first-order valence-corrected chi connectivity index (χ1v) is 7.89. The van der Waals surface area contributed by atoms with Gasteiger partial charge in [-0.3, -0.25) is 4.79 Å². The maximum absolute atomic E-state index is 12.4. The third-order valence-electron chi connectivity index (χ3n) is 3.70. The van der Waals surface area contributed by atoms with Gasteiger partial charge >= 0.3 is 5.97 Å². The first kappa shape index (κ1) is 13.8.